The maximum absolute atomic E-state index is 12.3. The first kappa shape index (κ1) is 16.7. The van der Waals surface area contributed by atoms with E-state index in [1.807, 2.05) is 11.0 Å². The van der Waals surface area contributed by atoms with E-state index in [1.54, 1.807) is 23.1 Å². The number of carbonyl (C=O) groups excluding carboxylic acids is 1. The molecule has 0 aromatic carbocycles. The SMILES string of the molecule is Cn1nnnc1SCC(=O)N1CC[NH+](Cc2ccc(Cl)s2)CC1. The summed E-state index contributed by atoms with van der Waals surface area (Å²) in [6.07, 6.45) is 0. The molecule has 0 bridgehead atoms. The Morgan fingerprint density at radius 1 is 1.43 bits per heavy atom. The summed E-state index contributed by atoms with van der Waals surface area (Å²) < 4.78 is 2.41. The summed E-state index contributed by atoms with van der Waals surface area (Å²) in [6.45, 7) is 4.52. The number of rotatable bonds is 5. The number of aromatic nitrogens is 4. The van der Waals surface area contributed by atoms with Crippen LogP contribution < -0.4 is 4.90 Å². The number of amides is 1. The smallest absolute Gasteiger partial charge is 0.233 e. The number of thiophene rings is 1. The highest BCUT2D eigenvalue weighted by Gasteiger charge is 2.24. The number of aryl methyl sites for hydroxylation is 1. The summed E-state index contributed by atoms with van der Waals surface area (Å²) in [5.74, 6) is 0.528. The Hall–Kier alpha value is -1.16. The number of tetrazole rings is 1. The van der Waals surface area contributed by atoms with Gasteiger partial charge in [0, 0.05) is 7.05 Å². The fourth-order valence-corrected chi connectivity index (χ4v) is 4.42. The van der Waals surface area contributed by atoms with Crippen LogP contribution in [0.2, 0.25) is 4.34 Å². The molecule has 0 atom stereocenters. The van der Waals surface area contributed by atoms with Crippen LogP contribution >= 0.6 is 34.7 Å². The number of thioether (sulfide) groups is 1. The summed E-state index contributed by atoms with van der Waals surface area (Å²) in [7, 11) is 1.77. The third-order valence-corrected chi connectivity index (χ3v) is 6.01. The Morgan fingerprint density at radius 2 is 2.22 bits per heavy atom. The summed E-state index contributed by atoms with van der Waals surface area (Å²) >= 11 is 8.98. The second-order valence-corrected chi connectivity index (χ2v) is 8.13. The highest BCUT2D eigenvalue weighted by molar-refractivity contribution is 7.99. The second kappa shape index (κ2) is 7.61. The lowest BCUT2D eigenvalue weighted by Gasteiger charge is -2.32. The fourth-order valence-electron chi connectivity index (χ4n) is 2.50. The van der Waals surface area contributed by atoms with E-state index >= 15 is 0 Å². The number of quaternary nitrogens is 1. The van der Waals surface area contributed by atoms with Gasteiger partial charge < -0.3 is 9.80 Å². The van der Waals surface area contributed by atoms with Crippen LogP contribution in [-0.2, 0) is 18.4 Å². The van der Waals surface area contributed by atoms with Crippen molar-refractivity contribution in [1.82, 2.24) is 25.1 Å². The van der Waals surface area contributed by atoms with Gasteiger partial charge in [0.25, 0.3) is 0 Å². The molecule has 2 aromatic rings. The van der Waals surface area contributed by atoms with Crippen LogP contribution in [0.5, 0.6) is 0 Å². The third kappa shape index (κ3) is 4.43. The average molecular weight is 374 g/mol. The number of hydrogen-bond donors (Lipinski definition) is 1. The largest absolute Gasteiger partial charge is 0.331 e. The van der Waals surface area contributed by atoms with Gasteiger partial charge in [-0.05, 0) is 22.6 Å². The van der Waals surface area contributed by atoms with Gasteiger partial charge in [0.1, 0.15) is 6.54 Å². The van der Waals surface area contributed by atoms with Gasteiger partial charge >= 0.3 is 0 Å². The number of halogens is 1. The summed E-state index contributed by atoms with van der Waals surface area (Å²) in [6, 6.07) is 4.03. The standard InChI is InChI=1S/C13H17ClN6OS2/c1-18-13(15-16-17-18)22-9-12(21)20-6-4-19(5-7-20)8-10-2-3-11(14)23-10/h2-3H,4-9H2,1H3/p+1. The van der Waals surface area contributed by atoms with E-state index in [-0.39, 0.29) is 5.91 Å². The zero-order valence-electron chi connectivity index (χ0n) is 12.7. The molecule has 0 aliphatic carbocycles. The van der Waals surface area contributed by atoms with Crippen molar-refractivity contribution < 1.29 is 9.69 Å². The molecule has 23 heavy (non-hydrogen) atoms. The third-order valence-electron chi connectivity index (χ3n) is 3.78. The maximum Gasteiger partial charge on any atom is 0.233 e. The molecule has 0 radical (unpaired) electrons. The maximum atomic E-state index is 12.3. The molecule has 1 aliphatic rings. The molecule has 1 fully saturated rings. The molecule has 1 saturated heterocycles. The Kier molecular flexibility index (Phi) is 5.52. The molecule has 1 N–H and O–H groups in total. The van der Waals surface area contributed by atoms with E-state index in [0.717, 1.165) is 37.1 Å². The van der Waals surface area contributed by atoms with Crippen LogP contribution in [0.1, 0.15) is 4.88 Å². The summed E-state index contributed by atoms with van der Waals surface area (Å²) in [5.41, 5.74) is 0. The van der Waals surface area contributed by atoms with Gasteiger partial charge in [-0.1, -0.05) is 23.4 Å². The zero-order valence-corrected chi connectivity index (χ0v) is 15.1. The monoisotopic (exact) mass is 373 g/mol. The van der Waals surface area contributed by atoms with E-state index in [9.17, 15) is 4.79 Å². The van der Waals surface area contributed by atoms with Crippen LogP contribution in [0.4, 0.5) is 0 Å². The highest BCUT2D eigenvalue weighted by Crippen LogP contribution is 2.20. The van der Waals surface area contributed by atoms with E-state index < -0.39 is 0 Å². The van der Waals surface area contributed by atoms with Crippen molar-refractivity contribution in [2.75, 3.05) is 31.9 Å². The highest BCUT2D eigenvalue weighted by atomic mass is 35.5. The summed E-state index contributed by atoms with van der Waals surface area (Å²) in [4.78, 5) is 17.0. The van der Waals surface area contributed by atoms with E-state index in [1.165, 1.54) is 21.5 Å². The van der Waals surface area contributed by atoms with Gasteiger partial charge in [-0.2, -0.15) is 0 Å². The minimum Gasteiger partial charge on any atom is -0.331 e. The van der Waals surface area contributed by atoms with Crippen molar-refractivity contribution in [3.63, 3.8) is 0 Å². The molecular formula is C13H18ClN6OS2+. The molecule has 3 rings (SSSR count). The molecule has 0 unspecified atom stereocenters. The van der Waals surface area contributed by atoms with E-state index in [0.29, 0.717) is 10.9 Å². The van der Waals surface area contributed by atoms with E-state index in [2.05, 4.69) is 21.6 Å². The number of hydrogen-bond acceptors (Lipinski definition) is 6. The first-order chi connectivity index (χ1) is 11.1. The molecule has 0 spiro atoms. The Morgan fingerprint density at radius 3 is 2.83 bits per heavy atom. The lowest BCUT2D eigenvalue weighted by Crippen LogP contribution is -3.13. The number of carbonyl (C=O) groups is 1. The first-order valence-corrected chi connectivity index (χ1v) is 9.50. The first-order valence-electron chi connectivity index (χ1n) is 7.32. The van der Waals surface area contributed by atoms with Gasteiger partial charge in [-0.3, -0.25) is 4.79 Å². The van der Waals surface area contributed by atoms with Gasteiger partial charge in [0.05, 0.1) is 41.1 Å². The molecule has 1 aliphatic heterocycles. The molecule has 124 valence electrons. The van der Waals surface area contributed by atoms with Crippen molar-refractivity contribution in [2.45, 2.75) is 11.7 Å². The molecule has 1 amide bonds. The quantitative estimate of drug-likeness (QED) is 0.744. The Balaban J connectivity index is 1.43. The minimum absolute atomic E-state index is 0.149. The topological polar surface area (TPSA) is 68.4 Å². The molecule has 3 heterocycles. The Bertz CT molecular complexity index is 667. The second-order valence-electron chi connectivity index (χ2n) is 5.39. The van der Waals surface area contributed by atoms with Crippen molar-refractivity contribution in [2.24, 2.45) is 7.05 Å². The number of nitrogens with one attached hydrogen (secondary N) is 1. The van der Waals surface area contributed by atoms with Crippen LogP contribution in [0.25, 0.3) is 0 Å². The molecular weight excluding hydrogens is 356 g/mol. The zero-order chi connectivity index (χ0) is 16.2. The van der Waals surface area contributed by atoms with Crippen LogP contribution in [0.15, 0.2) is 17.3 Å². The minimum atomic E-state index is 0.149. The fraction of sp³-hybridized carbons (Fsp3) is 0.538. The van der Waals surface area contributed by atoms with E-state index in [4.69, 9.17) is 11.6 Å². The van der Waals surface area contributed by atoms with Crippen molar-refractivity contribution in [1.29, 1.82) is 0 Å². The molecule has 2 aromatic heterocycles. The van der Waals surface area contributed by atoms with Gasteiger partial charge in [0.2, 0.25) is 11.1 Å². The number of piperazine rings is 1. The van der Waals surface area contributed by atoms with Gasteiger partial charge in [-0.15, -0.1) is 16.4 Å². The summed E-state index contributed by atoms with van der Waals surface area (Å²) in [5, 5.41) is 11.9. The molecule has 0 saturated carbocycles. The predicted molar refractivity (Wildman–Crippen MR) is 89.8 cm³/mol. The van der Waals surface area contributed by atoms with Crippen molar-refractivity contribution >= 4 is 40.6 Å². The van der Waals surface area contributed by atoms with Gasteiger partial charge in [0.15, 0.2) is 0 Å². The van der Waals surface area contributed by atoms with Gasteiger partial charge in [-0.25, -0.2) is 4.68 Å². The normalized spacial score (nSPS) is 16.0. The van der Waals surface area contributed by atoms with Crippen LogP contribution in [0, 0.1) is 0 Å². The van der Waals surface area contributed by atoms with Crippen molar-refractivity contribution in [3.05, 3.63) is 21.3 Å². The lowest BCUT2D eigenvalue weighted by atomic mass is 10.3. The lowest BCUT2D eigenvalue weighted by molar-refractivity contribution is -0.917. The van der Waals surface area contributed by atoms with Crippen LogP contribution in [-0.4, -0.2) is 62.9 Å². The average Bonchev–Trinajstić information content (AvgIpc) is 3.14. The van der Waals surface area contributed by atoms with Crippen molar-refractivity contribution in [3.8, 4) is 0 Å². The Labute approximate surface area is 147 Å². The predicted octanol–water partition coefficient (Wildman–Crippen LogP) is -0.0556. The molecule has 10 heteroatoms. The van der Waals surface area contributed by atoms with Crippen LogP contribution in [0.3, 0.4) is 0 Å². The molecule has 7 nitrogen and oxygen atoms in total. The number of nitrogens with zero attached hydrogens (tertiary/aromatic N) is 5.